The van der Waals surface area contributed by atoms with Crippen molar-refractivity contribution < 1.29 is 24.3 Å². The third-order valence-corrected chi connectivity index (χ3v) is 3.24. The van der Waals surface area contributed by atoms with Crippen molar-refractivity contribution in [3.05, 3.63) is 34.9 Å². The first-order valence-corrected chi connectivity index (χ1v) is 8.54. The van der Waals surface area contributed by atoms with E-state index in [-0.39, 0.29) is 12.4 Å². The third kappa shape index (κ3) is 7.16. The molecule has 8 heteroatoms. The molecular weight excluding hydrogens is 350 g/mol. The second kappa shape index (κ2) is 8.28. The summed E-state index contributed by atoms with van der Waals surface area (Å²) in [7, 11) is 0. The molecule has 0 saturated heterocycles. The molecule has 1 rings (SSSR count). The smallest absolute Gasteiger partial charge is 0.420 e. The van der Waals surface area contributed by atoms with E-state index >= 15 is 0 Å². The highest BCUT2D eigenvalue weighted by Gasteiger charge is 2.31. The Morgan fingerprint density at radius 3 is 1.93 bits per heavy atom. The Kier molecular flexibility index (Phi) is 6.83. The minimum Gasteiger partial charge on any atom is -0.443 e. The number of hydrogen-bond donors (Lipinski definition) is 2. The molecule has 1 aromatic carbocycles. The number of nitrogens with two attached hydrogens (primary N) is 1. The van der Waals surface area contributed by atoms with Crippen molar-refractivity contribution in [1.82, 2.24) is 4.90 Å². The van der Waals surface area contributed by atoms with Gasteiger partial charge in [0.1, 0.15) is 11.2 Å². The number of carbonyl (C=O) groups excluding carboxylic acids is 2. The number of benzene rings is 1. The molecule has 3 N–H and O–H groups in total. The van der Waals surface area contributed by atoms with E-state index < -0.39 is 23.4 Å². The van der Waals surface area contributed by atoms with E-state index in [0.29, 0.717) is 11.1 Å². The summed E-state index contributed by atoms with van der Waals surface area (Å²) in [6.07, 6.45) is -1.59. The summed E-state index contributed by atoms with van der Waals surface area (Å²) in [6.45, 7) is 12.0. The predicted octanol–water partition coefficient (Wildman–Crippen LogP) is 3.76. The standard InChI is InChI=1S/C19H29N3O5/c1-12-10-13(8-9-14(12)15(20)21-25)11-22(16(23)26-18(2,3)4)17(24)27-19(5,6)7/h8-10,25H,11H2,1-7H3,(H2,20,21). The second-order valence-electron chi connectivity index (χ2n) is 8.18. The topological polar surface area (TPSA) is 114 Å². The van der Waals surface area contributed by atoms with Gasteiger partial charge in [-0.3, -0.25) is 0 Å². The average Bonchev–Trinajstić information content (AvgIpc) is 2.48. The molecular formula is C19H29N3O5. The van der Waals surface area contributed by atoms with Gasteiger partial charge >= 0.3 is 12.2 Å². The van der Waals surface area contributed by atoms with E-state index in [2.05, 4.69) is 5.16 Å². The van der Waals surface area contributed by atoms with Crippen molar-refractivity contribution in [2.75, 3.05) is 0 Å². The zero-order valence-electron chi connectivity index (χ0n) is 17.0. The van der Waals surface area contributed by atoms with Gasteiger partial charge in [0.2, 0.25) is 0 Å². The lowest BCUT2D eigenvalue weighted by molar-refractivity contribution is -0.000252. The summed E-state index contributed by atoms with van der Waals surface area (Å²) < 4.78 is 10.7. The van der Waals surface area contributed by atoms with Crippen LogP contribution in [0.1, 0.15) is 58.2 Å². The molecule has 0 spiro atoms. The number of ether oxygens (including phenoxy) is 2. The molecule has 0 aliphatic heterocycles. The van der Waals surface area contributed by atoms with Gasteiger partial charge in [-0.2, -0.15) is 0 Å². The molecule has 0 heterocycles. The third-order valence-electron chi connectivity index (χ3n) is 3.24. The highest BCUT2D eigenvalue weighted by molar-refractivity contribution is 5.98. The van der Waals surface area contributed by atoms with E-state index in [1.165, 1.54) is 0 Å². The van der Waals surface area contributed by atoms with Crippen molar-refractivity contribution in [2.24, 2.45) is 10.9 Å². The number of nitrogens with zero attached hydrogens (tertiary/aromatic N) is 2. The van der Waals surface area contributed by atoms with Gasteiger partial charge in [-0.25, -0.2) is 14.5 Å². The lowest BCUT2D eigenvalue weighted by atomic mass is 10.0. The molecule has 0 saturated carbocycles. The SMILES string of the molecule is Cc1cc(CN(C(=O)OC(C)(C)C)C(=O)OC(C)(C)C)ccc1/C(N)=N/O. The molecule has 0 atom stereocenters. The quantitative estimate of drug-likeness (QED) is 0.358. The van der Waals surface area contributed by atoms with Gasteiger partial charge in [0.25, 0.3) is 0 Å². The molecule has 0 aromatic heterocycles. The van der Waals surface area contributed by atoms with Crippen LogP contribution in [0.3, 0.4) is 0 Å². The van der Waals surface area contributed by atoms with Crippen molar-refractivity contribution in [3.63, 3.8) is 0 Å². The normalized spacial score (nSPS) is 12.5. The molecule has 0 fully saturated rings. The number of rotatable bonds is 3. The highest BCUT2D eigenvalue weighted by Crippen LogP contribution is 2.18. The maximum Gasteiger partial charge on any atom is 0.420 e. The molecule has 150 valence electrons. The van der Waals surface area contributed by atoms with Crippen molar-refractivity contribution in [1.29, 1.82) is 0 Å². The van der Waals surface area contributed by atoms with Crippen molar-refractivity contribution >= 4 is 18.0 Å². The summed E-state index contributed by atoms with van der Waals surface area (Å²) >= 11 is 0. The molecule has 0 radical (unpaired) electrons. The fourth-order valence-electron chi connectivity index (χ4n) is 2.19. The molecule has 0 bridgehead atoms. The Bertz CT molecular complexity index is 702. The van der Waals surface area contributed by atoms with E-state index in [1.807, 2.05) is 0 Å². The minimum absolute atomic E-state index is 0.0183. The van der Waals surface area contributed by atoms with Gasteiger partial charge < -0.3 is 20.4 Å². The van der Waals surface area contributed by atoms with Gasteiger partial charge in [0.05, 0.1) is 6.54 Å². The number of carbonyl (C=O) groups is 2. The first-order valence-electron chi connectivity index (χ1n) is 8.54. The Morgan fingerprint density at radius 2 is 1.56 bits per heavy atom. The number of oxime groups is 1. The number of hydrogen-bond acceptors (Lipinski definition) is 6. The van der Waals surface area contributed by atoms with E-state index in [9.17, 15) is 9.59 Å². The summed E-state index contributed by atoms with van der Waals surface area (Å²) in [6, 6.07) is 5.08. The Morgan fingerprint density at radius 1 is 1.07 bits per heavy atom. The molecule has 0 aliphatic carbocycles. The van der Waals surface area contributed by atoms with E-state index in [4.69, 9.17) is 20.4 Å². The van der Waals surface area contributed by atoms with Crippen LogP contribution in [0.2, 0.25) is 0 Å². The molecule has 27 heavy (non-hydrogen) atoms. The summed E-state index contributed by atoms with van der Waals surface area (Å²) in [5.41, 5.74) is 6.06. The predicted molar refractivity (Wildman–Crippen MR) is 102 cm³/mol. The fourth-order valence-corrected chi connectivity index (χ4v) is 2.19. The highest BCUT2D eigenvalue weighted by atomic mass is 16.6. The van der Waals surface area contributed by atoms with Crippen LogP contribution in [-0.4, -0.2) is 39.3 Å². The summed E-state index contributed by atoms with van der Waals surface area (Å²) in [5.74, 6) is -0.0183. The number of aryl methyl sites for hydroxylation is 1. The number of amidine groups is 1. The zero-order chi connectivity index (χ0) is 21.0. The van der Waals surface area contributed by atoms with Gasteiger partial charge in [0.15, 0.2) is 5.84 Å². The van der Waals surface area contributed by atoms with Crippen LogP contribution in [0, 0.1) is 6.92 Å². The first kappa shape index (κ1) is 22.3. The van der Waals surface area contributed by atoms with Crippen molar-refractivity contribution in [2.45, 2.75) is 66.2 Å². The van der Waals surface area contributed by atoms with Gasteiger partial charge in [-0.1, -0.05) is 23.4 Å². The summed E-state index contributed by atoms with van der Waals surface area (Å²) in [5, 5.41) is 11.8. The largest absolute Gasteiger partial charge is 0.443 e. The minimum atomic E-state index is -0.796. The fraction of sp³-hybridized carbons (Fsp3) is 0.526. The van der Waals surface area contributed by atoms with Gasteiger partial charge in [-0.15, -0.1) is 0 Å². The Hall–Kier alpha value is -2.77. The Balaban J connectivity index is 3.15. The van der Waals surface area contributed by atoms with Crippen molar-refractivity contribution in [3.8, 4) is 0 Å². The molecule has 0 aliphatic rings. The maximum absolute atomic E-state index is 12.5. The van der Waals surface area contributed by atoms with Gasteiger partial charge in [-0.05, 0) is 59.6 Å². The first-order chi connectivity index (χ1) is 12.2. The van der Waals surface area contributed by atoms with Crippen LogP contribution in [0.5, 0.6) is 0 Å². The van der Waals surface area contributed by atoms with E-state index in [1.54, 1.807) is 66.7 Å². The monoisotopic (exact) mass is 379 g/mol. The Labute approximate surface area is 159 Å². The van der Waals surface area contributed by atoms with Crippen LogP contribution in [0.25, 0.3) is 0 Å². The van der Waals surface area contributed by atoms with Gasteiger partial charge in [0, 0.05) is 5.56 Å². The number of imide groups is 1. The zero-order valence-corrected chi connectivity index (χ0v) is 17.0. The second-order valence-corrected chi connectivity index (χ2v) is 8.18. The van der Waals surface area contributed by atoms with Crippen LogP contribution in [0.4, 0.5) is 9.59 Å². The average molecular weight is 379 g/mol. The van der Waals surface area contributed by atoms with Crippen LogP contribution < -0.4 is 5.73 Å². The molecule has 0 unspecified atom stereocenters. The molecule has 1 aromatic rings. The summed E-state index contributed by atoms with van der Waals surface area (Å²) in [4.78, 5) is 26.0. The molecule has 8 nitrogen and oxygen atoms in total. The molecule has 2 amide bonds. The van der Waals surface area contributed by atoms with Crippen LogP contribution in [0.15, 0.2) is 23.4 Å². The lowest BCUT2D eigenvalue weighted by Crippen LogP contribution is -2.43. The van der Waals surface area contributed by atoms with E-state index in [0.717, 1.165) is 10.5 Å². The van der Waals surface area contributed by atoms with Crippen LogP contribution in [-0.2, 0) is 16.0 Å². The van der Waals surface area contributed by atoms with Crippen LogP contribution >= 0.6 is 0 Å². The maximum atomic E-state index is 12.5. The lowest BCUT2D eigenvalue weighted by Gasteiger charge is -2.28. The number of amides is 2.